The van der Waals surface area contributed by atoms with Crippen LogP contribution in [0.5, 0.6) is 0 Å². The molecule has 6 nitrogen and oxygen atoms in total. The van der Waals surface area contributed by atoms with Crippen molar-refractivity contribution in [3.05, 3.63) is 12.1 Å². The van der Waals surface area contributed by atoms with Gasteiger partial charge in [-0.3, -0.25) is 0 Å². The Hall–Kier alpha value is -1.18. The number of aromatic nitrogens is 3. The van der Waals surface area contributed by atoms with Crippen LogP contribution in [0, 0.1) is 0 Å². The average molecular weight is 288 g/mol. The number of nitrogens with two attached hydrogens (primary N) is 1. The second-order valence-electron chi connectivity index (χ2n) is 4.04. The van der Waals surface area contributed by atoms with E-state index in [0.29, 0.717) is 16.9 Å². The minimum Gasteiger partial charge on any atom is -0.375 e. The first-order valence-electron chi connectivity index (χ1n) is 5.59. The minimum atomic E-state index is 0. The lowest BCUT2D eigenvalue weighted by atomic mass is 9.98. The summed E-state index contributed by atoms with van der Waals surface area (Å²) >= 11 is 1.37. The largest absolute Gasteiger partial charge is 0.375 e. The third-order valence-corrected chi connectivity index (χ3v) is 3.70. The Morgan fingerprint density at radius 2 is 2.17 bits per heavy atom. The molecule has 1 aliphatic heterocycles. The van der Waals surface area contributed by atoms with Gasteiger partial charge in [0, 0.05) is 5.92 Å². The fourth-order valence-electron chi connectivity index (χ4n) is 1.96. The van der Waals surface area contributed by atoms with E-state index in [1.165, 1.54) is 11.3 Å². The number of nitrogens with zero attached hydrogens (tertiary/aromatic N) is 3. The highest BCUT2D eigenvalue weighted by molar-refractivity contribution is 7.18. The molecule has 1 fully saturated rings. The number of thiazole rings is 1. The van der Waals surface area contributed by atoms with Crippen molar-refractivity contribution in [1.29, 1.82) is 0 Å². The molecule has 8 heteroatoms. The fraction of sp³-hybridized carbons (Fsp3) is 0.500. The van der Waals surface area contributed by atoms with Crippen LogP contribution in [-0.4, -0.2) is 28.2 Å². The average Bonchev–Trinajstić information content (AvgIpc) is 2.98. The zero-order valence-electron chi connectivity index (χ0n) is 9.63. The summed E-state index contributed by atoms with van der Waals surface area (Å²) in [5.74, 6) is 1.70. The summed E-state index contributed by atoms with van der Waals surface area (Å²) in [6.45, 7) is 2.02. The molecule has 0 aromatic carbocycles. The molecule has 1 saturated heterocycles. The lowest BCUT2D eigenvalue weighted by Crippen LogP contribution is -2.26. The number of rotatable bonds is 2. The van der Waals surface area contributed by atoms with Gasteiger partial charge in [0.15, 0.2) is 5.13 Å². The van der Waals surface area contributed by atoms with E-state index in [-0.39, 0.29) is 12.4 Å². The van der Waals surface area contributed by atoms with Gasteiger partial charge in [0.05, 0.1) is 11.1 Å². The zero-order valence-corrected chi connectivity index (χ0v) is 11.3. The van der Waals surface area contributed by atoms with E-state index in [4.69, 9.17) is 10.3 Å². The maximum Gasteiger partial charge on any atom is 0.230 e. The van der Waals surface area contributed by atoms with E-state index in [2.05, 4.69) is 20.4 Å². The smallest absolute Gasteiger partial charge is 0.230 e. The molecule has 2 aromatic rings. The molecule has 0 atom stereocenters. The molecule has 18 heavy (non-hydrogen) atoms. The van der Waals surface area contributed by atoms with Crippen molar-refractivity contribution in [3.63, 3.8) is 0 Å². The van der Waals surface area contributed by atoms with Gasteiger partial charge in [-0.25, -0.2) is 4.98 Å². The topological polar surface area (TPSA) is 89.9 Å². The SMILES string of the molecule is Cl.Nc1ncc(-c2noc(C3CCNCC3)n2)s1. The molecule has 1 aliphatic rings. The third-order valence-electron chi connectivity index (χ3n) is 2.87. The first-order valence-corrected chi connectivity index (χ1v) is 6.40. The zero-order chi connectivity index (χ0) is 11.7. The lowest BCUT2D eigenvalue weighted by Gasteiger charge is -2.18. The van der Waals surface area contributed by atoms with Crippen molar-refractivity contribution in [2.45, 2.75) is 18.8 Å². The van der Waals surface area contributed by atoms with Crippen molar-refractivity contribution < 1.29 is 4.52 Å². The second kappa shape index (κ2) is 5.64. The summed E-state index contributed by atoms with van der Waals surface area (Å²) in [6.07, 6.45) is 3.77. The number of anilines is 1. The molecule has 0 spiro atoms. The molecule has 0 bridgehead atoms. The number of hydrogen-bond acceptors (Lipinski definition) is 7. The second-order valence-corrected chi connectivity index (χ2v) is 5.11. The van der Waals surface area contributed by atoms with Crippen LogP contribution in [0.25, 0.3) is 10.7 Å². The van der Waals surface area contributed by atoms with Crippen molar-refractivity contribution in [3.8, 4) is 10.7 Å². The minimum absolute atomic E-state index is 0. The maximum absolute atomic E-state index is 5.58. The van der Waals surface area contributed by atoms with E-state index >= 15 is 0 Å². The van der Waals surface area contributed by atoms with E-state index in [1.54, 1.807) is 6.20 Å². The van der Waals surface area contributed by atoms with Crippen LogP contribution in [0.3, 0.4) is 0 Å². The molecule has 98 valence electrons. The van der Waals surface area contributed by atoms with Gasteiger partial charge >= 0.3 is 0 Å². The Labute approximate surface area is 114 Å². The van der Waals surface area contributed by atoms with Crippen LogP contribution >= 0.6 is 23.7 Å². The van der Waals surface area contributed by atoms with E-state index in [9.17, 15) is 0 Å². The Bertz CT molecular complexity index is 508. The molecule has 3 rings (SSSR count). The summed E-state index contributed by atoms with van der Waals surface area (Å²) in [4.78, 5) is 9.26. The number of piperidine rings is 1. The molecular weight excluding hydrogens is 274 g/mol. The highest BCUT2D eigenvalue weighted by Crippen LogP contribution is 2.28. The standard InChI is InChI=1S/C10H13N5OS.ClH/c11-10-13-5-7(17-10)8-14-9(16-15-8)6-1-3-12-4-2-6;/h5-6,12H,1-4H2,(H2,11,13);1H. The predicted molar refractivity (Wildman–Crippen MR) is 71.9 cm³/mol. The van der Waals surface area contributed by atoms with Crippen molar-refractivity contribution >= 4 is 28.9 Å². The van der Waals surface area contributed by atoms with Crippen LogP contribution in [0.4, 0.5) is 5.13 Å². The Morgan fingerprint density at radius 3 is 2.83 bits per heavy atom. The van der Waals surface area contributed by atoms with Crippen LogP contribution in [0.2, 0.25) is 0 Å². The van der Waals surface area contributed by atoms with Gasteiger partial charge in [0.25, 0.3) is 0 Å². The monoisotopic (exact) mass is 287 g/mol. The summed E-state index contributed by atoms with van der Waals surface area (Å²) < 4.78 is 5.32. The number of nitrogen functional groups attached to an aromatic ring is 1. The Kier molecular flexibility index (Phi) is 4.15. The van der Waals surface area contributed by atoms with Crippen LogP contribution in [0.1, 0.15) is 24.7 Å². The third kappa shape index (κ3) is 2.63. The number of hydrogen-bond donors (Lipinski definition) is 2. The summed E-state index contributed by atoms with van der Waals surface area (Å²) in [7, 11) is 0. The highest BCUT2D eigenvalue weighted by Gasteiger charge is 2.22. The Morgan fingerprint density at radius 1 is 1.39 bits per heavy atom. The molecule has 2 aromatic heterocycles. The lowest BCUT2D eigenvalue weighted by molar-refractivity contribution is 0.320. The van der Waals surface area contributed by atoms with Crippen LogP contribution in [0.15, 0.2) is 10.7 Å². The normalized spacial score (nSPS) is 16.4. The number of halogens is 1. The molecule has 0 unspecified atom stereocenters. The first-order chi connectivity index (χ1) is 8.33. The summed E-state index contributed by atoms with van der Waals surface area (Å²) in [6, 6.07) is 0. The molecule has 0 amide bonds. The highest BCUT2D eigenvalue weighted by atomic mass is 35.5. The fourth-order valence-corrected chi connectivity index (χ4v) is 2.57. The first kappa shape index (κ1) is 13.3. The molecule has 0 radical (unpaired) electrons. The van der Waals surface area contributed by atoms with E-state index in [1.807, 2.05) is 0 Å². The molecule has 0 aliphatic carbocycles. The van der Waals surface area contributed by atoms with Gasteiger partial charge in [0.2, 0.25) is 11.7 Å². The van der Waals surface area contributed by atoms with Gasteiger partial charge in [-0.15, -0.1) is 12.4 Å². The molecular formula is C10H14ClN5OS. The van der Waals surface area contributed by atoms with Gasteiger partial charge in [-0.05, 0) is 25.9 Å². The predicted octanol–water partition coefficient (Wildman–Crippen LogP) is 1.66. The van der Waals surface area contributed by atoms with Gasteiger partial charge in [-0.1, -0.05) is 16.5 Å². The Balaban J connectivity index is 0.00000120. The van der Waals surface area contributed by atoms with Gasteiger partial charge in [-0.2, -0.15) is 4.98 Å². The van der Waals surface area contributed by atoms with Crippen LogP contribution in [-0.2, 0) is 0 Å². The van der Waals surface area contributed by atoms with E-state index in [0.717, 1.165) is 36.7 Å². The van der Waals surface area contributed by atoms with Crippen LogP contribution < -0.4 is 11.1 Å². The van der Waals surface area contributed by atoms with E-state index < -0.39 is 0 Å². The van der Waals surface area contributed by atoms with Gasteiger partial charge < -0.3 is 15.6 Å². The summed E-state index contributed by atoms with van der Waals surface area (Å²) in [5, 5.41) is 7.82. The quantitative estimate of drug-likeness (QED) is 0.873. The van der Waals surface area contributed by atoms with Crippen molar-refractivity contribution in [2.75, 3.05) is 18.8 Å². The number of nitrogens with one attached hydrogen (secondary N) is 1. The van der Waals surface area contributed by atoms with Crippen molar-refractivity contribution in [2.24, 2.45) is 0 Å². The van der Waals surface area contributed by atoms with Crippen molar-refractivity contribution in [1.82, 2.24) is 20.4 Å². The molecule has 3 heterocycles. The van der Waals surface area contributed by atoms with Gasteiger partial charge in [0.1, 0.15) is 0 Å². The maximum atomic E-state index is 5.58. The molecule has 0 saturated carbocycles. The summed E-state index contributed by atoms with van der Waals surface area (Å²) in [5.41, 5.74) is 5.58. The molecule has 3 N–H and O–H groups in total.